The lowest BCUT2D eigenvalue weighted by molar-refractivity contribution is -0.146. The normalized spacial score (nSPS) is 14.6. The zero-order valence-electron chi connectivity index (χ0n) is 11.3. The van der Waals surface area contributed by atoms with Crippen LogP contribution >= 0.6 is 0 Å². The molecule has 0 aromatic carbocycles. The highest BCUT2D eigenvalue weighted by Crippen LogP contribution is 2.17. The molecule has 2 nitrogen and oxygen atoms in total. The summed E-state index contributed by atoms with van der Waals surface area (Å²) in [6.45, 7) is 8.81. The zero-order valence-corrected chi connectivity index (χ0v) is 11.3. The van der Waals surface area contributed by atoms with Crippen LogP contribution in [0, 0.1) is 5.92 Å². The Kier molecular flexibility index (Phi) is 7.79. The molecular weight excluding hydrogens is 229 g/mol. The van der Waals surface area contributed by atoms with E-state index in [1.54, 1.807) is 6.92 Å². The number of hydrogen-bond donors (Lipinski definition) is 1. The summed E-state index contributed by atoms with van der Waals surface area (Å²) in [5.41, 5.74) is 0. The second-order valence-electron chi connectivity index (χ2n) is 4.75. The molecule has 0 radical (unpaired) electrons. The largest absolute Gasteiger partial charge is 0.401 e. The Hall–Kier alpha value is -0.290. The van der Waals surface area contributed by atoms with Gasteiger partial charge < -0.3 is 5.32 Å². The monoisotopic (exact) mass is 254 g/mol. The third kappa shape index (κ3) is 8.44. The number of likely N-dealkylation sites (N-methyl/N-ethyl adjacent to an activating group) is 1. The van der Waals surface area contributed by atoms with Gasteiger partial charge in [0.1, 0.15) is 0 Å². The van der Waals surface area contributed by atoms with Crippen LogP contribution in [0.1, 0.15) is 34.1 Å². The van der Waals surface area contributed by atoms with Crippen LogP contribution in [0.25, 0.3) is 0 Å². The standard InChI is InChI=1S/C12H25F3N2/c1-5-7-16-11(10(3)4)8-17(6-2)9-12(13,14)15/h10-11,16H,5-9H2,1-4H3. The van der Waals surface area contributed by atoms with E-state index in [0.717, 1.165) is 13.0 Å². The van der Waals surface area contributed by atoms with Gasteiger partial charge in [-0.1, -0.05) is 27.7 Å². The first kappa shape index (κ1) is 16.7. The highest BCUT2D eigenvalue weighted by molar-refractivity contribution is 4.76. The number of nitrogens with zero attached hydrogens (tertiary/aromatic N) is 1. The molecule has 104 valence electrons. The van der Waals surface area contributed by atoms with E-state index >= 15 is 0 Å². The first-order valence-corrected chi connectivity index (χ1v) is 6.32. The summed E-state index contributed by atoms with van der Waals surface area (Å²) in [6, 6.07) is 0.122. The van der Waals surface area contributed by atoms with Crippen molar-refractivity contribution >= 4 is 0 Å². The third-order valence-electron chi connectivity index (χ3n) is 2.77. The van der Waals surface area contributed by atoms with Crippen molar-refractivity contribution in [1.29, 1.82) is 0 Å². The van der Waals surface area contributed by atoms with Gasteiger partial charge in [0.05, 0.1) is 6.54 Å². The van der Waals surface area contributed by atoms with Crippen LogP contribution in [0.3, 0.4) is 0 Å². The molecule has 0 aromatic heterocycles. The number of hydrogen-bond acceptors (Lipinski definition) is 2. The smallest absolute Gasteiger partial charge is 0.312 e. The minimum absolute atomic E-state index is 0.122. The molecule has 0 aliphatic carbocycles. The fourth-order valence-corrected chi connectivity index (χ4v) is 1.68. The first-order valence-electron chi connectivity index (χ1n) is 6.32. The average Bonchev–Trinajstić information content (AvgIpc) is 2.20. The molecule has 0 heterocycles. The van der Waals surface area contributed by atoms with E-state index in [-0.39, 0.29) is 6.04 Å². The van der Waals surface area contributed by atoms with Crippen molar-refractivity contribution in [2.45, 2.75) is 46.3 Å². The lowest BCUT2D eigenvalue weighted by atomic mass is 10.0. The van der Waals surface area contributed by atoms with E-state index in [2.05, 4.69) is 12.2 Å². The van der Waals surface area contributed by atoms with Gasteiger partial charge in [-0.15, -0.1) is 0 Å². The van der Waals surface area contributed by atoms with Crippen molar-refractivity contribution < 1.29 is 13.2 Å². The summed E-state index contributed by atoms with van der Waals surface area (Å²) in [5, 5.41) is 3.31. The summed E-state index contributed by atoms with van der Waals surface area (Å²) in [4.78, 5) is 1.45. The molecule has 1 N–H and O–H groups in total. The fourth-order valence-electron chi connectivity index (χ4n) is 1.68. The second kappa shape index (κ2) is 7.93. The molecule has 0 amide bonds. The van der Waals surface area contributed by atoms with Gasteiger partial charge in [0.15, 0.2) is 0 Å². The van der Waals surface area contributed by atoms with Crippen LogP contribution in [0.2, 0.25) is 0 Å². The lowest BCUT2D eigenvalue weighted by Gasteiger charge is -2.30. The lowest BCUT2D eigenvalue weighted by Crippen LogP contribution is -2.47. The van der Waals surface area contributed by atoms with Crippen molar-refractivity contribution in [3.8, 4) is 0 Å². The predicted molar refractivity (Wildman–Crippen MR) is 65.1 cm³/mol. The van der Waals surface area contributed by atoms with Gasteiger partial charge in [0.2, 0.25) is 0 Å². The molecule has 0 saturated carbocycles. The van der Waals surface area contributed by atoms with Crippen molar-refractivity contribution in [2.75, 3.05) is 26.2 Å². The Morgan fingerprint density at radius 2 is 1.76 bits per heavy atom. The first-order chi connectivity index (χ1) is 7.80. The number of rotatable bonds is 8. The van der Waals surface area contributed by atoms with Crippen LogP contribution in [0.15, 0.2) is 0 Å². The van der Waals surface area contributed by atoms with Gasteiger partial charge in [0.25, 0.3) is 0 Å². The highest BCUT2D eigenvalue weighted by atomic mass is 19.4. The van der Waals surface area contributed by atoms with Crippen LogP contribution in [0.4, 0.5) is 13.2 Å². The van der Waals surface area contributed by atoms with Crippen molar-refractivity contribution in [3.05, 3.63) is 0 Å². The SMILES string of the molecule is CCCNC(CN(CC)CC(F)(F)F)C(C)C. The van der Waals surface area contributed by atoms with Gasteiger partial charge in [0, 0.05) is 12.6 Å². The summed E-state index contributed by atoms with van der Waals surface area (Å²) in [5.74, 6) is 0.337. The second-order valence-corrected chi connectivity index (χ2v) is 4.75. The van der Waals surface area contributed by atoms with Gasteiger partial charge >= 0.3 is 6.18 Å². The summed E-state index contributed by atoms with van der Waals surface area (Å²) >= 11 is 0. The Labute approximate surface area is 103 Å². The number of nitrogens with one attached hydrogen (secondary N) is 1. The molecule has 0 aliphatic heterocycles. The average molecular weight is 254 g/mol. The number of halogens is 3. The van der Waals surface area contributed by atoms with Crippen LogP contribution < -0.4 is 5.32 Å². The Morgan fingerprint density at radius 1 is 1.18 bits per heavy atom. The molecular formula is C12H25F3N2. The molecule has 0 bridgehead atoms. The molecule has 0 aliphatic rings. The molecule has 0 rings (SSSR count). The zero-order chi connectivity index (χ0) is 13.5. The van der Waals surface area contributed by atoms with Crippen LogP contribution in [0.5, 0.6) is 0 Å². The molecule has 0 saturated heterocycles. The maximum atomic E-state index is 12.3. The van der Waals surface area contributed by atoms with Gasteiger partial charge in [-0.2, -0.15) is 13.2 Å². The van der Waals surface area contributed by atoms with E-state index in [4.69, 9.17) is 0 Å². The molecule has 5 heteroatoms. The Bertz CT molecular complexity index is 193. The van der Waals surface area contributed by atoms with Crippen molar-refractivity contribution in [3.63, 3.8) is 0 Å². The molecule has 0 fully saturated rings. The van der Waals surface area contributed by atoms with E-state index in [9.17, 15) is 13.2 Å². The maximum absolute atomic E-state index is 12.3. The van der Waals surface area contributed by atoms with Crippen LogP contribution in [-0.4, -0.2) is 43.3 Å². The topological polar surface area (TPSA) is 15.3 Å². The van der Waals surface area contributed by atoms with Gasteiger partial charge in [-0.25, -0.2) is 0 Å². The van der Waals surface area contributed by atoms with Crippen LogP contribution in [-0.2, 0) is 0 Å². The predicted octanol–water partition coefficient (Wildman–Crippen LogP) is 2.89. The third-order valence-corrected chi connectivity index (χ3v) is 2.77. The number of alkyl halides is 3. The van der Waals surface area contributed by atoms with E-state index < -0.39 is 12.7 Å². The summed E-state index contributed by atoms with van der Waals surface area (Å²) in [6.07, 6.45) is -3.11. The van der Waals surface area contributed by atoms with E-state index in [1.165, 1.54) is 4.90 Å². The fraction of sp³-hybridized carbons (Fsp3) is 1.00. The summed E-state index contributed by atoms with van der Waals surface area (Å²) < 4.78 is 37.0. The minimum atomic E-state index is -4.11. The van der Waals surface area contributed by atoms with Gasteiger partial charge in [-0.3, -0.25) is 4.90 Å². The Morgan fingerprint density at radius 3 is 2.12 bits per heavy atom. The van der Waals surface area contributed by atoms with Gasteiger partial charge in [-0.05, 0) is 25.4 Å². The van der Waals surface area contributed by atoms with Crippen molar-refractivity contribution in [1.82, 2.24) is 10.2 Å². The van der Waals surface area contributed by atoms with E-state index in [0.29, 0.717) is 19.0 Å². The maximum Gasteiger partial charge on any atom is 0.401 e. The molecule has 0 aromatic rings. The molecule has 1 atom stereocenters. The molecule has 17 heavy (non-hydrogen) atoms. The summed E-state index contributed by atoms with van der Waals surface area (Å²) in [7, 11) is 0. The molecule has 1 unspecified atom stereocenters. The minimum Gasteiger partial charge on any atom is -0.312 e. The quantitative estimate of drug-likeness (QED) is 0.716. The van der Waals surface area contributed by atoms with Crippen molar-refractivity contribution in [2.24, 2.45) is 5.92 Å². The molecule has 0 spiro atoms. The highest BCUT2D eigenvalue weighted by Gasteiger charge is 2.31. The van der Waals surface area contributed by atoms with E-state index in [1.807, 2.05) is 13.8 Å². The Balaban J connectivity index is 4.28.